The third-order valence-corrected chi connectivity index (χ3v) is 20.0. The maximum absolute atomic E-state index is 12.0. The van der Waals surface area contributed by atoms with Gasteiger partial charge in [0.05, 0.1) is 51.1 Å². The van der Waals surface area contributed by atoms with Gasteiger partial charge in [-0.15, -0.1) is 0 Å². The van der Waals surface area contributed by atoms with E-state index in [-0.39, 0.29) is 40.7 Å². The summed E-state index contributed by atoms with van der Waals surface area (Å²) in [6, 6.07) is 7.56. The van der Waals surface area contributed by atoms with Crippen LogP contribution in [0.2, 0.25) is 0 Å². The Balaban J connectivity index is 0.0000114. The van der Waals surface area contributed by atoms with Crippen LogP contribution in [-0.4, -0.2) is 429 Å². The minimum Gasteiger partial charge on any atom is -0.744 e. The van der Waals surface area contributed by atoms with Crippen LogP contribution in [0.5, 0.6) is 5.75 Å². The minimum absolute atomic E-state index is 0. The molecule has 40 atom stereocenters. The topological polar surface area (TPSA) is 679 Å². The molecule has 0 saturated carbocycles. The maximum atomic E-state index is 12.0. The van der Waals surface area contributed by atoms with Crippen LogP contribution in [0, 0.1) is 0 Å². The molecule has 30 aliphatic rings. The number of ether oxygens (including phenoxy) is 17. The van der Waals surface area contributed by atoms with Gasteiger partial charge in [-0.05, 0) is 35.0 Å². The summed E-state index contributed by atoms with van der Waals surface area (Å²) in [7, 11) is -4.96. The van der Waals surface area contributed by atoms with Crippen LogP contribution in [0.4, 0.5) is 0 Å². The van der Waals surface area contributed by atoms with Gasteiger partial charge in [0.2, 0.25) is 0 Å². The van der Waals surface area contributed by atoms with Crippen LogP contribution in [0.25, 0.3) is 10.8 Å². The van der Waals surface area contributed by atoms with Crippen molar-refractivity contribution in [3.63, 3.8) is 0 Å². The van der Waals surface area contributed by atoms with Crippen molar-refractivity contribution in [3.05, 3.63) is 36.4 Å². The van der Waals surface area contributed by atoms with Crippen molar-refractivity contribution < 1.29 is 241 Å². The van der Waals surface area contributed by atoms with Gasteiger partial charge >= 0.3 is 29.6 Å². The number of fused-ring (bicyclic) bond motifs is 1. The van der Waals surface area contributed by atoms with E-state index in [1.54, 1.807) is 0 Å². The SMILES string of the molecule is O=S(=O)([O-])c1ccc2ccc(OC[C@H]3O[C@@H]4O[C@H]5[C@H](O)[C@@H](O)[C@@H](O[C@H]6[C@H](O)[C@@H](O)[C@@H](O[C@H]7[C@H](O)[C@@H](O)[C@@H](O[C@H]8[C@H](O)[C@@H](O)[C@@H](O[C@H]9[C@@H](O)[C@H](O)[C@@H](O[C@H]%10[C@@H](O)[C@H](O)[C@@H](O[C@H]%11[C@@H](O)[C@H](O)[C@@H](O[C@H]3[C@H](O)[C@H]4O)O[C@@H]%11CO)O[C@@H]%10CO)O[C@@H]9CO)O[C@@H]8CO)O[C@@H]7CO)O[C@@H]6CO)O[C@@H]5CO)cc2c1.[Na+]. The van der Waals surface area contributed by atoms with E-state index < -0.39 is 314 Å². The third kappa shape index (κ3) is 17.0. The number of rotatable bonds is 11. The first kappa shape index (κ1) is 83.3. The van der Waals surface area contributed by atoms with Gasteiger partial charge in [-0.3, -0.25) is 0 Å². The molecule has 43 nitrogen and oxygen atoms in total. The molecule has 30 aliphatic heterocycles. The summed E-state index contributed by atoms with van der Waals surface area (Å²) in [5.41, 5.74) is 0. The van der Waals surface area contributed by atoms with Crippen molar-refractivity contribution in [2.75, 3.05) is 52.9 Å². The molecular formula is C58H85NaO43S. The Labute approximate surface area is 604 Å². The van der Waals surface area contributed by atoms with E-state index >= 15 is 0 Å². The van der Waals surface area contributed by atoms with Crippen molar-refractivity contribution >= 4 is 20.9 Å². The first-order chi connectivity index (χ1) is 48.5. The van der Waals surface area contributed by atoms with Crippen LogP contribution in [0.15, 0.2) is 41.3 Å². The summed E-state index contributed by atoms with van der Waals surface area (Å²) in [6.07, 6.45) is -84.0. The van der Waals surface area contributed by atoms with Gasteiger partial charge < -0.3 is 203 Å². The molecule has 582 valence electrons. The number of aliphatic hydroxyl groups is 23. The molecule has 32 rings (SSSR count). The van der Waals surface area contributed by atoms with Gasteiger partial charge in [0.15, 0.2) is 50.3 Å². The largest absolute Gasteiger partial charge is 1.00 e. The van der Waals surface area contributed by atoms with Crippen LogP contribution in [-0.2, 0) is 85.9 Å². The molecule has 0 unspecified atom stereocenters. The monoisotopic (exact) mass is 1520 g/mol. The van der Waals surface area contributed by atoms with Crippen LogP contribution in [0.3, 0.4) is 0 Å². The van der Waals surface area contributed by atoms with E-state index in [0.29, 0.717) is 5.39 Å². The fourth-order valence-electron chi connectivity index (χ4n) is 13.5. The number of benzene rings is 2. The zero-order valence-corrected chi connectivity index (χ0v) is 56.9. The zero-order chi connectivity index (χ0) is 73.8. The average Bonchev–Trinajstić information content (AvgIpc) is 0.775. The van der Waals surface area contributed by atoms with Gasteiger partial charge in [0, 0.05) is 0 Å². The third-order valence-electron chi connectivity index (χ3n) is 19.2. The number of aliphatic hydroxyl groups excluding tert-OH is 23. The molecule has 0 radical (unpaired) electrons. The number of hydrogen-bond donors (Lipinski definition) is 23. The Kier molecular flexibility index (Phi) is 28.4. The summed E-state index contributed by atoms with van der Waals surface area (Å²) in [4.78, 5) is -0.609. The summed E-state index contributed by atoms with van der Waals surface area (Å²) >= 11 is 0. The quantitative estimate of drug-likeness (QED) is 0.0734. The molecule has 0 amide bonds. The van der Waals surface area contributed by atoms with Crippen LogP contribution < -0.4 is 34.3 Å². The van der Waals surface area contributed by atoms with Crippen LogP contribution >= 0.6 is 0 Å². The molecular weight excluding hydrogens is 1440 g/mol. The molecule has 30 fully saturated rings. The summed E-state index contributed by atoms with van der Waals surface area (Å²) in [6.45, 7) is -8.60. The molecule has 103 heavy (non-hydrogen) atoms. The summed E-state index contributed by atoms with van der Waals surface area (Å²) in [5, 5.41) is 260. The Hall–Kier alpha value is -2.15. The Morgan fingerprint density at radius 1 is 0.282 bits per heavy atom. The normalized spacial score (nSPS) is 49.0. The molecule has 23 N–H and O–H groups in total. The van der Waals surface area contributed by atoms with Crippen molar-refractivity contribution in [3.8, 4) is 5.75 Å². The van der Waals surface area contributed by atoms with E-state index in [0.717, 1.165) is 12.1 Å². The van der Waals surface area contributed by atoms with E-state index in [4.69, 9.17) is 80.5 Å². The van der Waals surface area contributed by atoms with E-state index in [2.05, 4.69) is 0 Å². The fraction of sp³-hybridized carbons (Fsp3) is 0.828. The fourth-order valence-corrected chi connectivity index (χ4v) is 14.0. The summed E-state index contributed by atoms with van der Waals surface area (Å²) in [5.74, 6) is -0.0776. The van der Waals surface area contributed by atoms with Crippen molar-refractivity contribution in [1.82, 2.24) is 0 Å². The van der Waals surface area contributed by atoms with Gasteiger partial charge in [0.1, 0.15) is 218 Å². The second-order valence-electron chi connectivity index (χ2n) is 25.7. The van der Waals surface area contributed by atoms with Gasteiger partial charge in [-0.25, -0.2) is 8.42 Å². The van der Waals surface area contributed by atoms with Gasteiger partial charge in [-0.1, -0.05) is 12.1 Å². The zero-order valence-electron chi connectivity index (χ0n) is 54.1. The molecule has 16 bridgehead atoms. The first-order valence-electron chi connectivity index (χ1n) is 32.2. The second kappa shape index (κ2) is 35.0. The van der Waals surface area contributed by atoms with Gasteiger partial charge in [-0.2, -0.15) is 0 Å². The Morgan fingerprint density at radius 2 is 0.485 bits per heavy atom. The Morgan fingerprint density at radius 3 is 0.699 bits per heavy atom. The molecule has 30 heterocycles. The smallest absolute Gasteiger partial charge is 0.744 e. The molecule has 0 aliphatic carbocycles. The van der Waals surface area contributed by atoms with Gasteiger partial charge in [0.25, 0.3) is 0 Å². The predicted molar refractivity (Wildman–Crippen MR) is 311 cm³/mol. The average molecular weight is 1530 g/mol. The molecule has 2 aromatic rings. The molecule has 0 aromatic heterocycles. The Bertz CT molecular complexity index is 3120. The van der Waals surface area contributed by atoms with E-state index in [1.807, 2.05) is 0 Å². The first-order valence-corrected chi connectivity index (χ1v) is 33.7. The maximum Gasteiger partial charge on any atom is 1.00 e. The van der Waals surface area contributed by atoms with E-state index in [1.165, 1.54) is 24.3 Å². The molecule has 0 spiro atoms. The molecule has 2 aromatic carbocycles. The van der Waals surface area contributed by atoms with Crippen LogP contribution in [0.1, 0.15) is 0 Å². The minimum atomic E-state index is -4.96. The second-order valence-corrected chi connectivity index (χ2v) is 27.1. The molecule has 30 saturated heterocycles. The van der Waals surface area contributed by atoms with Crippen molar-refractivity contribution in [2.24, 2.45) is 0 Å². The van der Waals surface area contributed by atoms with Crippen molar-refractivity contribution in [2.45, 2.75) is 251 Å². The predicted octanol–water partition coefficient (Wildman–Crippen LogP) is -18.3. The standard InChI is InChI=1S/C58H86O43S.Na/c59-7-19-43-27(66)35(74)51(86-19)95-44-20(8-60)88-53(37(76)29(44)68)97-46-22(10-62)90-55(39(78)31(46)70)99-48-24(12-64)92-57(41(80)33(48)72)101-50-26(14-85-17-3-1-15-2-4-18(102(82,83)84)6-16(15)5-17)93-58(42(81)34(50)73)100-49-25(13-65)91-56(40(79)32(49)71)98-47-23(11-63)89-54(38(77)30(47)69)96-45-21(9-61)87-52(94-43)36(75)28(45)67;/h1-6,19-81H,7-14H2,(H,82,83,84);/q;+1/p-1/t19-,20-,21-,22-,23-,24-,25-,26-,27-,28-,29+,30-,31+,32-,33+,34-,35-,36-,37+,38-,39+,40-,41+,42-,43-,44-,45-,46-,47-,48-,49-,50-,51-,52-,53-,54-,55-,56-,57-,58-;/m1./s1. The summed E-state index contributed by atoms with van der Waals surface area (Å²) < 4.78 is 135. The van der Waals surface area contributed by atoms with E-state index in [9.17, 15) is 130 Å². The molecule has 45 heteroatoms. The number of hydrogen-bond acceptors (Lipinski definition) is 43. The van der Waals surface area contributed by atoms with Crippen molar-refractivity contribution in [1.29, 1.82) is 0 Å².